The van der Waals surface area contributed by atoms with Crippen molar-refractivity contribution in [2.24, 2.45) is 0 Å². The molecule has 1 aromatic rings. The van der Waals surface area contributed by atoms with Gasteiger partial charge in [0, 0.05) is 44.0 Å². The Morgan fingerprint density at radius 3 is 2.37 bits per heavy atom. The summed E-state index contributed by atoms with van der Waals surface area (Å²) in [5.74, 6) is 0.502. The maximum atomic E-state index is 13.3. The number of aryl methyl sites for hydroxylation is 1. The topological polar surface area (TPSA) is 60.9 Å². The average molecular weight is 434 g/mol. The Morgan fingerprint density at radius 2 is 1.73 bits per heavy atom. The fourth-order valence-corrected chi connectivity index (χ4v) is 7.09. The van der Waals surface area contributed by atoms with Crippen LogP contribution in [-0.4, -0.2) is 80.4 Å². The Labute approximate surface area is 181 Å². The van der Waals surface area contributed by atoms with Crippen molar-refractivity contribution >= 4 is 21.4 Å². The molecule has 0 spiro atoms. The molecule has 2 saturated heterocycles. The minimum atomic E-state index is -3.00. The van der Waals surface area contributed by atoms with Gasteiger partial charge in [-0.2, -0.15) is 0 Å². The number of hydrogen-bond acceptors (Lipinski definition) is 5. The Bertz CT molecular complexity index is 872. The molecular formula is C23H35N3O3S. The lowest BCUT2D eigenvalue weighted by atomic mass is 10.1. The van der Waals surface area contributed by atoms with Crippen LogP contribution in [0.1, 0.15) is 43.2 Å². The van der Waals surface area contributed by atoms with Crippen LogP contribution in [0.2, 0.25) is 0 Å². The van der Waals surface area contributed by atoms with Crippen LogP contribution in [-0.2, 0) is 14.6 Å². The van der Waals surface area contributed by atoms with E-state index in [1.165, 1.54) is 16.8 Å². The van der Waals surface area contributed by atoms with Crippen LogP contribution < -0.4 is 4.90 Å². The van der Waals surface area contributed by atoms with Crippen LogP contribution in [0.15, 0.2) is 18.2 Å². The highest BCUT2D eigenvalue weighted by atomic mass is 32.2. The van der Waals surface area contributed by atoms with E-state index in [2.05, 4.69) is 41.8 Å². The summed E-state index contributed by atoms with van der Waals surface area (Å²) in [4.78, 5) is 20.0. The number of piperazine rings is 1. The summed E-state index contributed by atoms with van der Waals surface area (Å²) < 4.78 is 24.1. The molecule has 1 aromatic carbocycles. The van der Waals surface area contributed by atoms with Gasteiger partial charge in [0.05, 0.1) is 18.1 Å². The zero-order valence-electron chi connectivity index (χ0n) is 18.3. The Hall–Kier alpha value is -1.60. The van der Waals surface area contributed by atoms with Gasteiger partial charge < -0.3 is 9.80 Å². The van der Waals surface area contributed by atoms with E-state index in [9.17, 15) is 13.2 Å². The largest absolute Gasteiger partial charge is 0.369 e. The van der Waals surface area contributed by atoms with Crippen LogP contribution >= 0.6 is 0 Å². The van der Waals surface area contributed by atoms with Gasteiger partial charge in [-0.3, -0.25) is 9.69 Å². The molecule has 3 aliphatic rings. The maximum Gasteiger partial charge on any atom is 0.237 e. The first-order valence-corrected chi connectivity index (χ1v) is 13.2. The van der Waals surface area contributed by atoms with Crippen LogP contribution in [0.5, 0.6) is 0 Å². The molecule has 0 bridgehead atoms. The number of carbonyl (C=O) groups excluding carboxylic acids is 1. The lowest BCUT2D eigenvalue weighted by molar-refractivity contribution is -0.137. The number of benzene rings is 1. The van der Waals surface area contributed by atoms with Crippen molar-refractivity contribution in [3.05, 3.63) is 29.3 Å². The molecule has 1 atom stereocenters. The fourth-order valence-electron chi connectivity index (χ4n) is 5.38. The van der Waals surface area contributed by atoms with Gasteiger partial charge in [0.2, 0.25) is 5.91 Å². The summed E-state index contributed by atoms with van der Waals surface area (Å²) in [6, 6.07) is 6.55. The molecule has 2 aliphatic heterocycles. The zero-order valence-corrected chi connectivity index (χ0v) is 19.2. The van der Waals surface area contributed by atoms with E-state index in [4.69, 9.17) is 0 Å². The Balaban J connectivity index is 1.38. The molecule has 6 nitrogen and oxygen atoms in total. The molecule has 1 amide bonds. The van der Waals surface area contributed by atoms with E-state index in [1.807, 2.05) is 4.90 Å². The second-order valence-electron chi connectivity index (χ2n) is 9.28. The number of anilines is 1. The van der Waals surface area contributed by atoms with Gasteiger partial charge in [-0.25, -0.2) is 8.42 Å². The van der Waals surface area contributed by atoms with Gasteiger partial charge in [-0.05, 0) is 50.3 Å². The molecule has 0 aromatic heterocycles. The molecule has 3 fully saturated rings. The van der Waals surface area contributed by atoms with Crippen LogP contribution in [0.4, 0.5) is 5.69 Å². The minimum absolute atomic E-state index is 0.123. The normalized spacial score (nSPS) is 25.0. The van der Waals surface area contributed by atoms with E-state index in [-0.39, 0.29) is 29.5 Å². The van der Waals surface area contributed by atoms with Crippen molar-refractivity contribution in [1.29, 1.82) is 0 Å². The average Bonchev–Trinajstić information content (AvgIpc) is 3.35. The summed E-state index contributed by atoms with van der Waals surface area (Å²) >= 11 is 0. The summed E-state index contributed by atoms with van der Waals surface area (Å²) in [6.07, 6.45) is 4.92. The second kappa shape index (κ2) is 8.87. The number of rotatable bonds is 5. The van der Waals surface area contributed by atoms with Crippen molar-refractivity contribution < 1.29 is 13.2 Å². The molecule has 4 rings (SSSR count). The predicted octanol–water partition coefficient (Wildman–Crippen LogP) is 2.38. The summed E-state index contributed by atoms with van der Waals surface area (Å²) in [6.45, 7) is 8.29. The summed E-state index contributed by atoms with van der Waals surface area (Å²) in [5.41, 5.74) is 3.94. The second-order valence-corrected chi connectivity index (χ2v) is 11.5. The molecule has 166 valence electrons. The SMILES string of the molecule is Cc1cccc(N2CCN(CC(=O)N(C3CCCC3)[C@@H]3CCS(=O)(=O)C3)CC2)c1C. The first kappa shape index (κ1) is 21.6. The van der Waals surface area contributed by atoms with Gasteiger partial charge in [0.15, 0.2) is 9.84 Å². The molecule has 1 aliphatic carbocycles. The van der Waals surface area contributed by atoms with Crippen molar-refractivity contribution in [3.63, 3.8) is 0 Å². The molecule has 1 saturated carbocycles. The highest BCUT2D eigenvalue weighted by Gasteiger charge is 2.39. The number of nitrogens with zero attached hydrogens (tertiary/aromatic N) is 3. The fraction of sp³-hybridized carbons (Fsp3) is 0.696. The van der Waals surface area contributed by atoms with Gasteiger partial charge in [-0.15, -0.1) is 0 Å². The van der Waals surface area contributed by atoms with Gasteiger partial charge >= 0.3 is 0 Å². The highest BCUT2D eigenvalue weighted by Crippen LogP contribution is 2.30. The third-order valence-electron chi connectivity index (χ3n) is 7.26. The first-order chi connectivity index (χ1) is 14.3. The third-order valence-corrected chi connectivity index (χ3v) is 9.01. The molecule has 30 heavy (non-hydrogen) atoms. The Kier molecular flexibility index (Phi) is 6.39. The lowest BCUT2D eigenvalue weighted by Gasteiger charge is -2.39. The molecule has 0 unspecified atom stereocenters. The van der Waals surface area contributed by atoms with Crippen molar-refractivity contribution in [2.75, 3.05) is 49.1 Å². The third kappa shape index (κ3) is 4.67. The first-order valence-electron chi connectivity index (χ1n) is 11.4. The van der Waals surface area contributed by atoms with Crippen LogP contribution in [0.25, 0.3) is 0 Å². The van der Waals surface area contributed by atoms with E-state index in [0.717, 1.165) is 51.9 Å². The molecule has 2 heterocycles. The van der Waals surface area contributed by atoms with E-state index < -0.39 is 9.84 Å². The van der Waals surface area contributed by atoms with Crippen molar-refractivity contribution in [1.82, 2.24) is 9.80 Å². The lowest BCUT2D eigenvalue weighted by Crippen LogP contribution is -2.54. The number of hydrogen-bond donors (Lipinski definition) is 0. The Morgan fingerprint density at radius 1 is 1.03 bits per heavy atom. The van der Waals surface area contributed by atoms with Crippen LogP contribution in [0.3, 0.4) is 0 Å². The number of amides is 1. The summed E-state index contributed by atoms with van der Waals surface area (Å²) in [5, 5.41) is 0. The smallest absolute Gasteiger partial charge is 0.237 e. The minimum Gasteiger partial charge on any atom is -0.369 e. The molecular weight excluding hydrogens is 398 g/mol. The van der Waals surface area contributed by atoms with Crippen molar-refractivity contribution in [3.8, 4) is 0 Å². The standard InChI is InChI=1S/C23H35N3O3S/c1-18-6-5-9-22(19(18)2)25-13-11-24(12-14-25)16-23(27)26(20-7-3-4-8-20)21-10-15-30(28,29)17-21/h5-6,9,20-21H,3-4,7-8,10-17H2,1-2H3/t21-/m1/s1. The van der Waals surface area contributed by atoms with E-state index in [0.29, 0.717) is 13.0 Å². The molecule has 7 heteroatoms. The number of sulfone groups is 1. The predicted molar refractivity (Wildman–Crippen MR) is 121 cm³/mol. The highest BCUT2D eigenvalue weighted by molar-refractivity contribution is 7.91. The zero-order chi connectivity index (χ0) is 21.3. The van der Waals surface area contributed by atoms with Crippen LogP contribution in [0, 0.1) is 13.8 Å². The molecule has 0 radical (unpaired) electrons. The van der Waals surface area contributed by atoms with E-state index in [1.54, 1.807) is 0 Å². The van der Waals surface area contributed by atoms with Gasteiger partial charge in [-0.1, -0.05) is 25.0 Å². The summed E-state index contributed by atoms with van der Waals surface area (Å²) in [7, 11) is -3.00. The van der Waals surface area contributed by atoms with Gasteiger partial charge in [0.1, 0.15) is 0 Å². The quantitative estimate of drug-likeness (QED) is 0.714. The maximum absolute atomic E-state index is 13.3. The number of carbonyl (C=O) groups is 1. The monoisotopic (exact) mass is 433 g/mol. The van der Waals surface area contributed by atoms with Crippen molar-refractivity contribution in [2.45, 2.75) is 58.0 Å². The van der Waals surface area contributed by atoms with E-state index >= 15 is 0 Å². The molecule has 0 N–H and O–H groups in total. The van der Waals surface area contributed by atoms with Gasteiger partial charge in [0.25, 0.3) is 0 Å².